The molecule has 1 amide bonds. The van der Waals surface area contributed by atoms with Crippen molar-refractivity contribution in [3.8, 4) is 0 Å². The molecule has 0 saturated carbocycles. The van der Waals surface area contributed by atoms with Crippen LogP contribution in [0.4, 0.5) is 0 Å². The first-order chi connectivity index (χ1) is 17.8. The van der Waals surface area contributed by atoms with Crippen molar-refractivity contribution in [2.45, 2.75) is 53.0 Å². The molecule has 188 valence electrons. The Hall–Kier alpha value is -4.12. The van der Waals surface area contributed by atoms with Crippen LogP contribution in [-0.2, 0) is 11.2 Å². The Bertz CT molecular complexity index is 1540. The van der Waals surface area contributed by atoms with Gasteiger partial charge in [0.15, 0.2) is 0 Å². The second kappa shape index (κ2) is 10.1. The van der Waals surface area contributed by atoms with Gasteiger partial charge in [-0.25, -0.2) is 0 Å². The molecule has 0 spiro atoms. The van der Waals surface area contributed by atoms with Crippen molar-refractivity contribution in [1.82, 2.24) is 10.5 Å². The van der Waals surface area contributed by atoms with Gasteiger partial charge in [0.05, 0.1) is 18.2 Å². The summed E-state index contributed by atoms with van der Waals surface area (Å²) in [6, 6.07) is 24.3. The lowest BCUT2D eigenvalue weighted by atomic mass is 9.93. The maximum Gasteiger partial charge on any atom is 0.225 e. The summed E-state index contributed by atoms with van der Waals surface area (Å²) in [6.45, 7) is 10.1. The van der Waals surface area contributed by atoms with Crippen molar-refractivity contribution < 1.29 is 13.7 Å². The molecule has 37 heavy (non-hydrogen) atoms. The molecule has 3 aromatic carbocycles. The van der Waals surface area contributed by atoms with Crippen LogP contribution in [0.2, 0.25) is 0 Å². The third-order valence-corrected chi connectivity index (χ3v) is 7.09. The molecule has 5 aromatic rings. The van der Waals surface area contributed by atoms with E-state index in [0.717, 1.165) is 56.0 Å². The molecule has 5 nitrogen and oxygen atoms in total. The van der Waals surface area contributed by atoms with E-state index < -0.39 is 0 Å². The SMILES string of the molecule is Cc1ccc(C(NC(=O)Cc2ccc3oc(C(C)c4c(C)noc4C)cc3c2)c2ccccc2)c(C)c1. The quantitative estimate of drug-likeness (QED) is 0.260. The van der Waals surface area contributed by atoms with Crippen molar-refractivity contribution in [2.24, 2.45) is 0 Å². The number of hydrogen-bond acceptors (Lipinski definition) is 4. The highest BCUT2D eigenvalue weighted by Gasteiger charge is 2.22. The van der Waals surface area contributed by atoms with Crippen LogP contribution in [0.3, 0.4) is 0 Å². The van der Waals surface area contributed by atoms with Gasteiger partial charge in [-0.15, -0.1) is 0 Å². The van der Waals surface area contributed by atoms with Gasteiger partial charge in [0, 0.05) is 16.9 Å². The van der Waals surface area contributed by atoms with Gasteiger partial charge < -0.3 is 14.3 Å². The lowest BCUT2D eigenvalue weighted by Crippen LogP contribution is -2.31. The highest BCUT2D eigenvalue weighted by atomic mass is 16.5. The number of nitrogens with one attached hydrogen (secondary N) is 1. The maximum absolute atomic E-state index is 13.3. The highest BCUT2D eigenvalue weighted by molar-refractivity contribution is 5.83. The van der Waals surface area contributed by atoms with Crippen LogP contribution in [-0.4, -0.2) is 11.1 Å². The fraction of sp³-hybridized carbons (Fsp3) is 0.250. The summed E-state index contributed by atoms with van der Waals surface area (Å²) in [5.41, 5.74) is 8.20. The predicted octanol–water partition coefficient (Wildman–Crippen LogP) is 7.25. The summed E-state index contributed by atoms with van der Waals surface area (Å²) in [7, 11) is 0. The molecule has 0 radical (unpaired) electrons. The molecule has 0 aliphatic rings. The first-order valence-electron chi connectivity index (χ1n) is 12.7. The number of furan rings is 1. The van der Waals surface area contributed by atoms with Crippen molar-refractivity contribution in [3.63, 3.8) is 0 Å². The van der Waals surface area contributed by atoms with Gasteiger partial charge in [-0.05, 0) is 68.1 Å². The van der Waals surface area contributed by atoms with Gasteiger partial charge in [0.2, 0.25) is 5.91 Å². The van der Waals surface area contributed by atoms with E-state index in [1.165, 1.54) is 5.56 Å². The maximum atomic E-state index is 13.3. The Balaban J connectivity index is 1.37. The summed E-state index contributed by atoms with van der Waals surface area (Å²) in [4.78, 5) is 13.3. The Morgan fingerprint density at radius 3 is 2.43 bits per heavy atom. The van der Waals surface area contributed by atoms with Crippen LogP contribution >= 0.6 is 0 Å². The Morgan fingerprint density at radius 2 is 1.73 bits per heavy atom. The van der Waals surface area contributed by atoms with Gasteiger partial charge in [0.25, 0.3) is 0 Å². The summed E-state index contributed by atoms with van der Waals surface area (Å²) in [5.74, 6) is 1.65. The van der Waals surface area contributed by atoms with Crippen molar-refractivity contribution in [3.05, 3.63) is 123 Å². The summed E-state index contributed by atoms with van der Waals surface area (Å²) >= 11 is 0. The largest absolute Gasteiger partial charge is 0.460 e. The number of rotatable bonds is 7. The molecule has 2 heterocycles. The van der Waals surface area contributed by atoms with E-state index >= 15 is 0 Å². The second-order valence-corrected chi connectivity index (χ2v) is 9.93. The Labute approximate surface area is 217 Å². The number of carbonyl (C=O) groups excluding carboxylic acids is 1. The third kappa shape index (κ3) is 5.08. The number of aromatic nitrogens is 1. The number of fused-ring (bicyclic) bond motifs is 1. The first kappa shape index (κ1) is 24.6. The van der Waals surface area contributed by atoms with E-state index in [0.29, 0.717) is 0 Å². The number of amides is 1. The summed E-state index contributed by atoms with van der Waals surface area (Å²) in [5, 5.41) is 8.34. The number of carbonyl (C=O) groups is 1. The molecule has 0 aliphatic heterocycles. The Kier molecular flexibility index (Phi) is 6.70. The normalized spacial score (nSPS) is 13.0. The topological polar surface area (TPSA) is 68.3 Å². The fourth-order valence-corrected chi connectivity index (χ4v) is 5.22. The van der Waals surface area contributed by atoms with E-state index in [1.54, 1.807) is 0 Å². The van der Waals surface area contributed by atoms with E-state index in [-0.39, 0.29) is 24.3 Å². The molecule has 2 atom stereocenters. The molecule has 0 aliphatic carbocycles. The molecular weight excluding hydrogens is 460 g/mol. The smallest absolute Gasteiger partial charge is 0.225 e. The van der Waals surface area contributed by atoms with Crippen molar-refractivity contribution in [1.29, 1.82) is 0 Å². The number of hydrogen-bond donors (Lipinski definition) is 1. The molecule has 1 N–H and O–H groups in total. The van der Waals surface area contributed by atoms with Gasteiger partial charge in [-0.1, -0.05) is 72.2 Å². The molecule has 2 unspecified atom stereocenters. The monoisotopic (exact) mass is 492 g/mol. The average Bonchev–Trinajstić information content (AvgIpc) is 3.45. The van der Waals surface area contributed by atoms with Gasteiger partial charge in [0.1, 0.15) is 17.1 Å². The van der Waals surface area contributed by atoms with Crippen molar-refractivity contribution >= 4 is 16.9 Å². The van der Waals surface area contributed by atoms with Crippen LogP contribution in [0.5, 0.6) is 0 Å². The minimum absolute atomic E-state index is 0.0229. The number of aryl methyl sites for hydroxylation is 4. The van der Waals surface area contributed by atoms with E-state index in [9.17, 15) is 4.79 Å². The summed E-state index contributed by atoms with van der Waals surface area (Å²) < 4.78 is 11.5. The van der Waals surface area contributed by atoms with Crippen LogP contribution in [0.1, 0.15) is 69.5 Å². The van der Waals surface area contributed by atoms with Crippen LogP contribution < -0.4 is 5.32 Å². The van der Waals surface area contributed by atoms with Gasteiger partial charge >= 0.3 is 0 Å². The zero-order valence-electron chi connectivity index (χ0n) is 22.0. The first-order valence-corrected chi connectivity index (χ1v) is 12.7. The number of nitrogens with zero attached hydrogens (tertiary/aromatic N) is 1. The van der Waals surface area contributed by atoms with E-state index in [2.05, 4.69) is 67.6 Å². The molecular formula is C32H32N2O3. The lowest BCUT2D eigenvalue weighted by molar-refractivity contribution is -0.120. The predicted molar refractivity (Wildman–Crippen MR) is 146 cm³/mol. The second-order valence-electron chi connectivity index (χ2n) is 9.93. The average molecular weight is 493 g/mol. The van der Waals surface area contributed by atoms with E-state index in [1.807, 2.05) is 50.2 Å². The fourth-order valence-electron chi connectivity index (χ4n) is 5.22. The van der Waals surface area contributed by atoms with E-state index in [4.69, 9.17) is 8.94 Å². The minimum Gasteiger partial charge on any atom is -0.460 e. The Morgan fingerprint density at radius 1 is 0.946 bits per heavy atom. The van der Waals surface area contributed by atoms with Crippen LogP contribution in [0, 0.1) is 27.7 Å². The minimum atomic E-state index is -0.213. The van der Waals surface area contributed by atoms with Gasteiger partial charge in [-0.3, -0.25) is 4.79 Å². The van der Waals surface area contributed by atoms with Crippen molar-refractivity contribution in [2.75, 3.05) is 0 Å². The van der Waals surface area contributed by atoms with Gasteiger partial charge in [-0.2, -0.15) is 0 Å². The third-order valence-electron chi connectivity index (χ3n) is 7.09. The van der Waals surface area contributed by atoms with Crippen LogP contribution in [0.25, 0.3) is 11.0 Å². The molecule has 0 saturated heterocycles. The highest BCUT2D eigenvalue weighted by Crippen LogP contribution is 2.33. The zero-order chi connectivity index (χ0) is 26.1. The molecule has 2 aromatic heterocycles. The molecule has 5 rings (SSSR count). The summed E-state index contributed by atoms with van der Waals surface area (Å²) in [6.07, 6.45) is 0.282. The standard InChI is InChI=1S/C32H32N2O3/c1-19-11-13-27(20(2)15-19)32(25-9-7-6-8-10-25)33-30(35)17-24-12-14-28-26(16-24)18-29(36-28)21(3)31-22(4)34-37-23(31)5/h6-16,18,21,32H,17H2,1-5H3,(H,33,35). The molecule has 5 heteroatoms. The molecule has 0 bridgehead atoms. The molecule has 0 fully saturated rings. The zero-order valence-corrected chi connectivity index (χ0v) is 22.0. The lowest BCUT2D eigenvalue weighted by Gasteiger charge is -2.22. The number of benzene rings is 3. The van der Waals surface area contributed by atoms with Crippen LogP contribution in [0.15, 0.2) is 81.7 Å².